The van der Waals surface area contributed by atoms with Gasteiger partial charge in [-0.1, -0.05) is 4.49 Å². The van der Waals surface area contributed by atoms with Gasteiger partial charge in [0.05, 0.1) is 15.9 Å². The first-order chi connectivity index (χ1) is 7.74. The summed E-state index contributed by atoms with van der Waals surface area (Å²) in [5.74, 6) is 0. The van der Waals surface area contributed by atoms with Crippen LogP contribution in [0.5, 0.6) is 0 Å². The Morgan fingerprint density at radius 3 is 2.94 bits per heavy atom. The molecule has 0 atom stereocenters. The molecule has 2 aromatic heterocycles. The van der Waals surface area contributed by atoms with E-state index in [1.165, 1.54) is 11.5 Å². The highest BCUT2D eigenvalue weighted by molar-refractivity contribution is 7.24. The molecule has 0 spiro atoms. The molecule has 0 bridgehead atoms. The topological polar surface area (TPSA) is 64.7 Å². The molecule has 2 N–H and O–H groups in total. The highest BCUT2D eigenvalue weighted by atomic mass is 32.1. The summed E-state index contributed by atoms with van der Waals surface area (Å²) in [7, 11) is 0. The number of benzene rings is 1. The van der Waals surface area contributed by atoms with Crippen molar-refractivity contribution < 1.29 is 0 Å². The van der Waals surface area contributed by atoms with E-state index in [4.69, 9.17) is 5.73 Å². The van der Waals surface area contributed by atoms with Gasteiger partial charge in [0.1, 0.15) is 9.88 Å². The molecule has 0 amide bonds. The number of thiazole rings is 1. The average Bonchev–Trinajstić information content (AvgIpc) is 2.82. The van der Waals surface area contributed by atoms with Crippen molar-refractivity contribution in [2.75, 3.05) is 5.73 Å². The Kier molecular flexibility index (Phi) is 2.12. The normalized spacial score (nSPS) is 11.1. The molecular weight excluding hydrogens is 240 g/mol. The van der Waals surface area contributed by atoms with Crippen molar-refractivity contribution in [1.82, 2.24) is 14.6 Å². The molecule has 3 aromatic rings. The number of hydrogen-bond donors (Lipinski definition) is 1. The number of rotatable bonds is 1. The lowest BCUT2D eigenvalue weighted by atomic mass is 10.3. The Morgan fingerprint density at radius 2 is 2.19 bits per heavy atom. The fourth-order valence-electron chi connectivity index (χ4n) is 1.47. The molecule has 0 saturated heterocycles. The SMILES string of the molecule is Cc1nnsc1-c1nc2ccc(N)cc2s1. The lowest BCUT2D eigenvalue weighted by Gasteiger charge is -1.89. The standard InChI is InChI=1S/C10H8N4S2/c1-5-9(16-14-13-5)10-12-7-3-2-6(11)4-8(7)15-10/h2-4H,11H2,1H3. The van der Waals surface area contributed by atoms with E-state index in [1.807, 2.05) is 25.1 Å². The van der Waals surface area contributed by atoms with E-state index < -0.39 is 0 Å². The van der Waals surface area contributed by atoms with Gasteiger partial charge < -0.3 is 5.73 Å². The van der Waals surface area contributed by atoms with Crippen molar-refractivity contribution in [3.63, 3.8) is 0 Å². The largest absolute Gasteiger partial charge is 0.399 e. The Bertz CT molecular complexity index is 656. The number of aromatic nitrogens is 3. The van der Waals surface area contributed by atoms with Crippen molar-refractivity contribution >= 4 is 38.8 Å². The van der Waals surface area contributed by atoms with Gasteiger partial charge in [0, 0.05) is 5.69 Å². The summed E-state index contributed by atoms with van der Waals surface area (Å²) in [6.45, 7) is 1.94. The molecule has 0 aliphatic heterocycles. The van der Waals surface area contributed by atoms with Crippen LogP contribution in [0, 0.1) is 6.92 Å². The van der Waals surface area contributed by atoms with E-state index in [1.54, 1.807) is 11.3 Å². The molecule has 16 heavy (non-hydrogen) atoms. The zero-order valence-electron chi connectivity index (χ0n) is 8.47. The van der Waals surface area contributed by atoms with Crippen LogP contribution in [0.25, 0.3) is 20.1 Å². The molecule has 0 unspecified atom stereocenters. The Hall–Kier alpha value is -1.53. The van der Waals surface area contributed by atoms with Gasteiger partial charge >= 0.3 is 0 Å². The van der Waals surface area contributed by atoms with E-state index >= 15 is 0 Å². The number of nitrogens with zero attached hydrogens (tertiary/aromatic N) is 3. The smallest absolute Gasteiger partial charge is 0.138 e. The Balaban J connectivity index is 2.23. The van der Waals surface area contributed by atoms with Crippen LogP contribution in [0.4, 0.5) is 5.69 Å². The quantitative estimate of drug-likeness (QED) is 0.672. The average molecular weight is 248 g/mol. The van der Waals surface area contributed by atoms with Crippen LogP contribution in [-0.2, 0) is 0 Å². The van der Waals surface area contributed by atoms with Crippen LogP contribution in [0.2, 0.25) is 0 Å². The molecule has 0 saturated carbocycles. The predicted octanol–water partition coefficient (Wildman–Crippen LogP) is 2.71. The number of nitrogens with two attached hydrogens (primary N) is 1. The third-order valence-electron chi connectivity index (χ3n) is 2.26. The van der Waals surface area contributed by atoms with E-state index in [0.29, 0.717) is 0 Å². The van der Waals surface area contributed by atoms with E-state index in [2.05, 4.69) is 14.6 Å². The molecule has 2 heterocycles. The zero-order chi connectivity index (χ0) is 11.1. The molecule has 0 aliphatic carbocycles. The minimum absolute atomic E-state index is 0.766. The highest BCUT2D eigenvalue weighted by Gasteiger charge is 2.11. The van der Waals surface area contributed by atoms with Crippen LogP contribution < -0.4 is 5.73 Å². The molecule has 3 rings (SSSR count). The Labute approximate surface area is 99.9 Å². The van der Waals surface area contributed by atoms with E-state index in [9.17, 15) is 0 Å². The van der Waals surface area contributed by atoms with Gasteiger partial charge in [0.15, 0.2) is 0 Å². The fourth-order valence-corrected chi connectivity index (χ4v) is 3.25. The van der Waals surface area contributed by atoms with Gasteiger partial charge in [0.25, 0.3) is 0 Å². The van der Waals surface area contributed by atoms with Crippen molar-refractivity contribution in [3.8, 4) is 9.88 Å². The zero-order valence-corrected chi connectivity index (χ0v) is 10.1. The third-order valence-corrected chi connectivity index (χ3v) is 4.26. The molecule has 0 aliphatic rings. The lowest BCUT2D eigenvalue weighted by Crippen LogP contribution is -1.81. The summed E-state index contributed by atoms with van der Waals surface area (Å²) in [5.41, 5.74) is 8.41. The molecular formula is C10H8N4S2. The van der Waals surface area contributed by atoms with E-state index in [-0.39, 0.29) is 0 Å². The van der Waals surface area contributed by atoms with Crippen molar-refractivity contribution in [2.45, 2.75) is 6.92 Å². The summed E-state index contributed by atoms with van der Waals surface area (Å²) in [6.07, 6.45) is 0. The predicted molar refractivity (Wildman–Crippen MR) is 67.7 cm³/mol. The summed E-state index contributed by atoms with van der Waals surface area (Å²) >= 11 is 3.00. The van der Waals surface area contributed by atoms with E-state index in [0.717, 1.165) is 31.5 Å². The van der Waals surface area contributed by atoms with Crippen LogP contribution in [-0.4, -0.2) is 14.6 Å². The van der Waals surface area contributed by atoms with Gasteiger partial charge in [-0.3, -0.25) is 0 Å². The number of nitrogen functional groups attached to an aromatic ring is 1. The maximum atomic E-state index is 5.74. The number of hydrogen-bond acceptors (Lipinski definition) is 6. The third kappa shape index (κ3) is 1.46. The maximum Gasteiger partial charge on any atom is 0.138 e. The Morgan fingerprint density at radius 1 is 1.31 bits per heavy atom. The van der Waals surface area contributed by atoms with Crippen LogP contribution in [0.15, 0.2) is 18.2 Å². The summed E-state index contributed by atoms with van der Waals surface area (Å²) in [6, 6.07) is 5.75. The number of fused-ring (bicyclic) bond motifs is 1. The summed E-state index contributed by atoms with van der Waals surface area (Å²) in [4.78, 5) is 5.59. The first kappa shape index (κ1) is 9.68. The van der Waals surface area contributed by atoms with Gasteiger partial charge in [-0.2, -0.15) is 0 Å². The molecule has 4 nitrogen and oxygen atoms in total. The van der Waals surface area contributed by atoms with Crippen LogP contribution in [0.1, 0.15) is 5.69 Å². The van der Waals surface area contributed by atoms with Crippen molar-refractivity contribution in [2.24, 2.45) is 0 Å². The van der Waals surface area contributed by atoms with Crippen LogP contribution >= 0.6 is 22.9 Å². The first-order valence-electron chi connectivity index (χ1n) is 4.69. The van der Waals surface area contributed by atoms with Gasteiger partial charge in [-0.25, -0.2) is 4.98 Å². The second-order valence-corrected chi connectivity index (χ2v) is 5.22. The second-order valence-electron chi connectivity index (χ2n) is 3.43. The highest BCUT2D eigenvalue weighted by Crippen LogP contribution is 2.33. The molecule has 0 radical (unpaired) electrons. The monoisotopic (exact) mass is 248 g/mol. The van der Waals surface area contributed by atoms with Gasteiger partial charge in [0.2, 0.25) is 0 Å². The molecule has 80 valence electrons. The minimum atomic E-state index is 0.766. The van der Waals surface area contributed by atoms with Crippen molar-refractivity contribution in [1.29, 1.82) is 0 Å². The number of anilines is 1. The summed E-state index contributed by atoms with van der Waals surface area (Å²) in [5, 5.41) is 4.96. The van der Waals surface area contributed by atoms with Gasteiger partial charge in [-0.15, -0.1) is 16.4 Å². The van der Waals surface area contributed by atoms with Crippen molar-refractivity contribution in [3.05, 3.63) is 23.9 Å². The first-order valence-corrected chi connectivity index (χ1v) is 6.28. The van der Waals surface area contributed by atoms with Gasteiger partial charge in [-0.05, 0) is 36.7 Å². The minimum Gasteiger partial charge on any atom is -0.399 e. The maximum absolute atomic E-state index is 5.74. The molecule has 0 fully saturated rings. The lowest BCUT2D eigenvalue weighted by molar-refractivity contribution is 1.09. The molecule has 6 heteroatoms. The van der Waals surface area contributed by atoms with Crippen LogP contribution in [0.3, 0.4) is 0 Å². The molecule has 1 aromatic carbocycles. The second kappa shape index (κ2) is 3.50. The summed E-state index contributed by atoms with van der Waals surface area (Å²) < 4.78 is 5.02. The number of aryl methyl sites for hydroxylation is 1. The fraction of sp³-hybridized carbons (Fsp3) is 0.100.